The summed E-state index contributed by atoms with van der Waals surface area (Å²) in [5.41, 5.74) is 0. The highest BCUT2D eigenvalue weighted by atomic mass is 32.2. The van der Waals surface area contributed by atoms with Crippen molar-refractivity contribution in [1.29, 1.82) is 0 Å². The fraction of sp³-hybridized carbons (Fsp3) is 1.00. The molecule has 78 valence electrons. The number of thioether (sulfide) groups is 1. The van der Waals surface area contributed by atoms with Crippen molar-refractivity contribution in [2.45, 2.75) is 44.6 Å². The first kappa shape index (κ1) is 11.4. The van der Waals surface area contributed by atoms with Gasteiger partial charge in [0, 0.05) is 6.04 Å². The van der Waals surface area contributed by atoms with Crippen LogP contribution >= 0.6 is 11.8 Å². The van der Waals surface area contributed by atoms with Gasteiger partial charge in [-0.1, -0.05) is 12.8 Å². The van der Waals surface area contributed by atoms with E-state index in [0.29, 0.717) is 0 Å². The van der Waals surface area contributed by atoms with Crippen LogP contribution in [0.25, 0.3) is 0 Å². The van der Waals surface area contributed by atoms with E-state index in [2.05, 4.69) is 18.6 Å². The predicted octanol–water partition coefficient (Wildman–Crippen LogP) is 2.91. The molecular formula is C11H23NS. The number of nitrogens with one attached hydrogen (secondary N) is 1. The third kappa shape index (κ3) is 4.37. The van der Waals surface area contributed by atoms with Crippen LogP contribution in [0.5, 0.6) is 0 Å². The molecule has 0 aromatic carbocycles. The van der Waals surface area contributed by atoms with Gasteiger partial charge in [-0.25, -0.2) is 0 Å². The van der Waals surface area contributed by atoms with Crippen molar-refractivity contribution in [2.75, 3.05) is 19.1 Å². The molecule has 0 aromatic rings. The lowest BCUT2D eigenvalue weighted by Crippen LogP contribution is -2.31. The molecule has 1 rings (SSSR count). The quantitative estimate of drug-likeness (QED) is 0.686. The van der Waals surface area contributed by atoms with E-state index in [4.69, 9.17) is 0 Å². The molecule has 1 aliphatic carbocycles. The lowest BCUT2D eigenvalue weighted by molar-refractivity contribution is 0.281. The lowest BCUT2D eigenvalue weighted by Gasteiger charge is -2.28. The van der Waals surface area contributed by atoms with Gasteiger partial charge in [-0.2, -0.15) is 11.8 Å². The molecule has 13 heavy (non-hydrogen) atoms. The largest absolute Gasteiger partial charge is 0.317 e. The zero-order valence-corrected chi connectivity index (χ0v) is 9.83. The first-order chi connectivity index (χ1) is 6.36. The van der Waals surface area contributed by atoms with Gasteiger partial charge in [0.1, 0.15) is 0 Å². The van der Waals surface area contributed by atoms with Crippen LogP contribution in [0.2, 0.25) is 0 Å². The van der Waals surface area contributed by atoms with E-state index in [9.17, 15) is 0 Å². The molecule has 0 amide bonds. The second kappa shape index (κ2) is 6.72. The highest BCUT2D eigenvalue weighted by Gasteiger charge is 2.19. The molecule has 0 aromatic heterocycles. The SMILES string of the molecule is CNC1CCCC(CCCSC)C1. The topological polar surface area (TPSA) is 12.0 Å². The zero-order chi connectivity index (χ0) is 9.52. The summed E-state index contributed by atoms with van der Waals surface area (Å²) < 4.78 is 0. The van der Waals surface area contributed by atoms with Crippen molar-refractivity contribution < 1.29 is 0 Å². The summed E-state index contributed by atoms with van der Waals surface area (Å²) in [7, 11) is 2.11. The van der Waals surface area contributed by atoms with Gasteiger partial charge >= 0.3 is 0 Å². The van der Waals surface area contributed by atoms with Gasteiger partial charge in [0.05, 0.1) is 0 Å². The monoisotopic (exact) mass is 201 g/mol. The van der Waals surface area contributed by atoms with Crippen LogP contribution in [-0.2, 0) is 0 Å². The van der Waals surface area contributed by atoms with E-state index < -0.39 is 0 Å². The van der Waals surface area contributed by atoms with Crippen LogP contribution in [0, 0.1) is 5.92 Å². The molecule has 0 radical (unpaired) electrons. The second-order valence-electron chi connectivity index (χ2n) is 4.15. The van der Waals surface area contributed by atoms with Gasteiger partial charge in [-0.05, 0) is 50.7 Å². The van der Waals surface area contributed by atoms with Gasteiger partial charge in [0.25, 0.3) is 0 Å². The zero-order valence-electron chi connectivity index (χ0n) is 9.01. The third-order valence-electron chi connectivity index (χ3n) is 3.15. The second-order valence-corrected chi connectivity index (χ2v) is 5.14. The summed E-state index contributed by atoms with van der Waals surface area (Å²) in [5.74, 6) is 2.36. The molecule has 0 saturated heterocycles. The van der Waals surface area contributed by atoms with Gasteiger partial charge in [-0.3, -0.25) is 0 Å². The first-order valence-corrected chi connectivity index (χ1v) is 6.92. The molecule has 1 N–H and O–H groups in total. The Bertz CT molecular complexity index is 127. The van der Waals surface area contributed by atoms with Crippen LogP contribution in [0.1, 0.15) is 38.5 Å². The highest BCUT2D eigenvalue weighted by molar-refractivity contribution is 7.98. The van der Waals surface area contributed by atoms with Crippen molar-refractivity contribution in [3.63, 3.8) is 0 Å². The fourth-order valence-electron chi connectivity index (χ4n) is 2.33. The van der Waals surface area contributed by atoms with Gasteiger partial charge in [0.2, 0.25) is 0 Å². The van der Waals surface area contributed by atoms with Crippen LogP contribution in [0.15, 0.2) is 0 Å². The Labute approximate surface area is 87.1 Å². The summed E-state index contributed by atoms with van der Waals surface area (Å²) in [6.45, 7) is 0. The summed E-state index contributed by atoms with van der Waals surface area (Å²) in [6.07, 6.45) is 10.8. The molecule has 1 saturated carbocycles. The molecule has 1 nitrogen and oxygen atoms in total. The van der Waals surface area contributed by atoms with Crippen molar-refractivity contribution in [3.8, 4) is 0 Å². The van der Waals surface area contributed by atoms with Gasteiger partial charge in [0.15, 0.2) is 0 Å². The van der Waals surface area contributed by atoms with E-state index in [1.165, 1.54) is 44.3 Å². The summed E-state index contributed by atoms with van der Waals surface area (Å²) >= 11 is 1.98. The standard InChI is InChI=1S/C11H23NS/c1-12-11-7-3-5-10(9-11)6-4-8-13-2/h10-12H,3-9H2,1-2H3. The maximum absolute atomic E-state index is 3.42. The molecule has 2 atom stereocenters. The van der Waals surface area contributed by atoms with Crippen molar-refractivity contribution in [2.24, 2.45) is 5.92 Å². The number of rotatable bonds is 5. The van der Waals surface area contributed by atoms with Crippen LogP contribution in [0.3, 0.4) is 0 Å². The summed E-state index contributed by atoms with van der Waals surface area (Å²) in [4.78, 5) is 0. The van der Waals surface area contributed by atoms with Gasteiger partial charge < -0.3 is 5.32 Å². The number of hydrogen-bond donors (Lipinski definition) is 1. The molecular weight excluding hydrogens is 178 g/mol. The molecule has 0 spiro atoms. The van der Waals surface area contributed by atoms with E-state index in [0.717, 1.165) is 12.0 Å². The minimum absolute atomic E-state index is 0.813. The Morgan fingerprint density at radius 2 is 2.23 bits per heavy atom. The van der Waals surface area contributed by atoms with Crippen molar-refractivity contribution >= 4 is 11.8 Å². The Hall–Kier alpha value is 0.310. The molecule has 1 aliphatic rings. The molecule has 2 heteroatoms. The van der Waals surface area contributed by atoms with Gasteiger partial charge in [-0.15, -0.1) is 0 Å². The lowest BCUT2D eigenvalue weighted by atomic mass is 9.83. The molecule has 0 heterocycles. The Morgan fingerprint density at radius 1 is 1.38 bits per heavy atom. The molecule has 0 bridgehead atoms. The smallest absolute Gasteiger partial charge is 0.00667 e. The Kier molecular flexibility index (Phi) is 5.88. The van der Waals surface area contributed by atoms with Crippen LogP contribution in [0.4, 0.5) is 0 Å². The summed E-state index contributed by atoms with van der Waals surface area (Å²) in [6, 6.07) is 0.813. The Balaban J connectivity index is 2.11. The minimum Gasteiger partial charge on any atom is -0.317 e. The average molecular weight is 201 g/mol. The minimum atomic E-state index is 0.813. The molecule has 1 fully saturated rings. The molecule has 0 aliphatic heterocycles. The van der Waals surface area contributed by atoms with Crippen LogP contribution in [-0.4, -0.2) is 25.1 Å². The fourth-order valence-corrected chi connectivity index (χ4v) is 2.79. The predicted molar refractivity (Wildman–Crippen MR) is 62.4 cm³/mol. The molecule has 2 unspecified atom stereocenters. The first-order valence-electron chi connectivity index (χ1n) is 5.53. The van der Waals surface area contributed by atoms with E-state index in [1.54, 1.807) is 0 Å². The maximum Gasteiger partial charge on any atom is 0.00667 e. The highest BCUT2D eigenvalue weighted by Crippen LogP contribution is 2.27. The van der Waals surface area contributed by atoms with E-state index >= 15 is 0 Å². The van der Waals surface area contributed by atoms with Crippen molar-refractivity contribution in [1.82, 2.24) is 5.32 Å². The average Bonchev–Trinajstić information content (AvgIpc) is 2.19. The van der Waals surface area contributed by atoms with Crippen molar-refractivity contribution in [3.05, 3.63) is 0 Å². The normalized spacial score (nSPS) is 29.1. The maximum atomic E-state index is 3.42. The Morgan fingerprint density at radius 3 is 2.92 bits per heavy atom. The van der Waals surface area contributed by atoms with E-state index in [1.807, 2.05) is 11.8 Å². The van der Waals surface area contributed by atoms with E-state index in [-0.39, 0.29) is 0 Å². The van der Waals surface area contributed by atoms with Crippen LogP contribution < -0.4 is 5.32 Å². The third-order valence-corrected chi connectivity index (χ3v) is 3.85. The summed E-state index contributed by atoms with van der Waals surface area (Å²) in [5, 5.41) is 3.42. The number of hydrogen-bond acceptors (Lipinski definition) is 2.